The Labute approximate surface area is 204 Å². The smallest absolute Gasteiger partial charge is 0.0353 e. The zero-order chi connectivity index (χ0) is 23.4. The zero-order valence-electron chi connectivity index (χ0n) is 19.5. The zero-order valence-corrected chi connectivity index (χ0v) is 19.5. The van der Waals surface area contributed by atoms with Gasteiger partial charge in [-0.25, -0.2) is 0 Å². The van der Waals surface area contributed by atoms with Crippen molar-refractivity contribution in [2.45, 2.75) is 6.92 Å². The first kappa shape index (κ1) is 19.9. The first-order chi connectivity index (χ1) is 17.3. The number of rotatable bonds is 2. The van der Waals surface area contributed by atoms with Crippen LogP contribution < -0.4 is 0 Å². The third kappa shape index (κ3) is 3.13. The van der Waals surface area contributed by atoms with Crippen molar-refractivity contribution in [3.8, 4) is 22.3 Å². The number of hydrogen-bond donors (Lipinski definition) is 0. The van der Waals surface area contributed by atoms with Crippen LogP contribution >= 0.6 is 0 Å². The Morgan fingerprint density at radius 2 is 1.17 bits per heavy atom. The number of pyridine rings is 1. The molecule has 1 aromatic heterocycles. The predicted molar refractivity (Wildman–Crippen MR) is 150 cm³/mol. The van der Waals surface area contributed by atoms with Crippen LogP contribution in [0.5, 0.6) is 0 Å². The van der Waals surface area contributed by atoms with Crippen molar-refractivity contribution < 1.29 is 0 Å². The highest BCUT2D eigenvalue weighted by Crippen LogP contribution is 2.45. The summed E-state index contributed by atoms with van der Waals surface area (Å²) in [5.74, 6) is 0. The lowest BCUT2D eigenvalue weighted by molar-refractivity contribution is 1.37. The predicted octanol–water partition coefficient (Wildman–Crippen LogP) is 9.34. The molecule has 35 heavy (non-hydrogen) atoms. The van der Waals surface area contributed by atoms with Crippen molar-refractivity contribution >= 4 is 43.1 Å². The second kappa shape index (κ2) is 7.78. The van der Waals surface area contributed by atoms with Crippen LogP contribution in [0, 0.1) is 6.92 Å². The lowest BCUT2D eigenvalue weighted by Gasteiger charge is -2.18. The van der Waals surface area contributed by atoms with Gasteiger partial charge in [-0.1, -0.05) is 103 Å². The van der Waals surface area contributed by atoms with Gasteiger partial charge >= 0.3 is 0 Å². The van der Waals surface area contributed by atoms with Crippen LogP contribution in [-0.2, 0) is 0 Å². The largest absolute Gasteiger partial charge is 0.264 e. The maximum Gasteiger partial charge on any atom is 0.0353 e. The van der Waals surface area contributed by atoms with E-state index in [-0.39, 0.29) is 0 Å². The first-order valence-corrected chi connectivity index (χ1v) is 12.1. The summed E-state index contributed by atoms with van der Waals surface area (Å²) in [4.78, 5) is 4.58. The van der Waals surface area contributed by atoms with Crippen molar-refractivity contribution in [1.82, 2.24) is 4.98 Å². The van der Waals surface area contributed by atoms with E-state index in [0.717, 1.165) is 0 Å². The maximum atomic E-state index is 4.58. The molecule has 164 valence electrons. The third-order valence-electron chi connectivity index (χ3n) is 7.17. The molecule has 0 aliphatic rings. The molecule has 0 amide bonds. The number of benzene rings is 6. The number of hydrogen-bond acceptors (Lipinski definition) is 1. The number of aromatic nitrogens is 1. The molecule has 0 spiro atoms. The van der Waals surface area contributed by atoms with E-state index in [4.69, 9.17) is 0 Å². The third-order valence-corrected chi connectivity index (χ3v) is 7.17. The fraction of sp³-hybridized carbons (Fsp3) is 0.0294. The first-order valence-electron chi connectivity index (χ1n) is 12.1. The van der Waals surface area contributed by atoms with Crippen molar-refractivity contribution in [2.75, 3.05) is 0 Å². The summed E-state index contributed by atoms with van der Waals surface area (Å²) >= 11 is 0. The van der Waals surface area contributed by atoms with E-state index in [1.807, 2.05) is 12.4 Å². The van der Waals surface area contributed by atoms with Gasteiger partial charge in [0.25, 0.3) is 0 Å². The van der Waals surface area contributed by atoms with E-state index in [1.54, 1.807) is 0 Å². The van der Waals surface area contributed by atoms with Crippen molar-refractivity contribution in [3.05, 3.63) is 127 Å². The van der Waals surface area contributed by atoms with Crippen LogP contribution in [-0.4, -0.2) is 4.98 Å². The monoisotopic (exact) mass is 445 g/mol. The highest BCUT2D eigenvalue weighted by Gasteiger charge is 2.18. The summed E-state index contributed by atoms with van der Waals surface area (Å²) in [6, 6.07) is 39.7. The van der Waals surface area contributed by atoms with E-state index in [9.17, 15) is 0 Å². The lowest BCUT2D eigenvalue weighted by Crippen LogP contribution is -1.92. The molecule has 6 aromatic carbocycles. The topological polar surface area (TPSA) is 12.9 Å². The molecule has 0 aliphatic carbocycles. The number of fused-ring (bicyclic) bond motifs is 4. The molecule has 1 heteroatoms. The van der Waals surface area contributed by atoms with Gasteiger partial charge < -0.3 is 0 Å². The van der Waals surface area contributed by atoms with Gasteiger partial charge in [0.15, 0.2) is 0 Å². The van der Waals surface area contributed by atoms with Gasteiger partial charge in [-0.2, -0.15) is 0 Å². The standard InChI is InChI=1S/C34H23N/c1-22-13-14-25-20-26(16-15-24(25)19-22)33-29-10-4-5-11-30(29)34(31-17-18-35-21-32(31)33)28-12-6-8-23-7-2-3-9-27(23)28/h2-21H,1H3. The van der Waals surface area contributed by atoms with Crippen LogP contribution in [0.25, 0.3) is 65.3 Å². The molecule has 0 aliphatic heterocycles. The SMILES string of the molecule is Cc1ccc2cc(-c3c4ccccc4c(-c4cccc5ccccc45)c4ccncc34)ccc2c1. The molecule has 0 bridgehead atoms. The van der Waals surface area contributed by atoms with E-state index < -0.39 is 0 Å². The highest BCUT2D eigenvalue weighted by molar-refractivity contribution is 6.23. The lowest BCUT2D eigenvalue weighted by atomic mass is 9.85. The minimum Gasteiger partial charge on any atom is -0.264 e. The average molecular weight is 446 g/mol. The molecule has 0 unspecified atom stereocenters. The molecule has 7 aromatic rings. The summed E-state index contributed by atoms with van der Waals surface area (Å²) in [5, 5.41) is 9.98. The van der Waals surface area contributed by atoms with E-state index >= 15 is 0 Å². The molecular formula is C34H23N. The Hall–Kier alpha value is -4.49. The minimum atomic E-state index is 1.18. The van der Waals surface area contributed by atoms with Crippen molar-refractivity contribution in [1.29, 1.82) is 0 Å². The highest BCUT2D eigenvalue weighted by atomic mass is 14.6. The van der Waals surface area contributed by atoms with Crippen LogP contribution in [0.4, 0.5) is 0 Å². The summed E-state index contributed by atoms with van der Waals surface area (Å²) in [6.07, 6.45) is 3.95. The molecule has 1 nitrogen and oxygen atoms in total. The van der Waals surface area contributed by atoms with Crippen LogP contribution in [0.15, 0.2) is 122 Å². The number of aryl methyl sites for hydroxylation is 1. The van der Waals surface area contributed by atoms with Crippen LogP contribution in [0.2, 0.25) is 0 Å². The quantitative estimate of drug-likeness (QED) is 0.242. The maximum absolute atomic E-state index is 4.58. The second-order valence-electron chi connectivity index (χ2n) is 9.31. The van der Waals surface area contributed by atoms with Gasteiger partial charge in [0.05, 0.1) is 0 Å². The Balaban J connectivity index is 1.63. The molecule has 0 saturated carbocycles. The Kier molecular flexibility index (Phi) is 4.43. The molecule has 0 atom stereocenters. The van der Waals surface area contributed by atoms with Gasteiger partial charge in [0.2, 0.25) is 0 Å². The van der Waals surface area contributed by atoms with Crippen LogP contribution in [0.3, 0.4) is 0 Å². The Morgan fingerprint density at radius 1 is 0.486 bits per heavy atom. The van der Waals surface area contributed by atoms with Gasteiger partial charge in [0.1, 0.15) is 0 Å². The summed E-state index contributed by atoms with van der Waals surface area (Å²) < 4.78 is 0. The molecular weight excluding hydrogens is 422 g/mol. The fourth-order valence-electron chi connectivity index (χ4n) is 5.59. The second-order valence-corrected chi connectivity index (χ2v) is 9.31. The number of nitrogens with zero attached hydrogens (tertiary/aromatic N) is 1. The molecule has 0 N–H and O–H groups in total. The van der Waals surface area contributed by atoms with Crippen molar-refractivity contribution in [3.63, 3.8) is 0 Å². The van der Waals surface area contributed by atoms with Gasteiger partial charge in [-0.15, -0.1) is 0 Å². The van der Waals surface area contributed by atoms with Gasteiger partial charge in [0, 0.05) is 17.8 Å². The minimum absolute atomic E-state index is 1.18. The summed E-state index contributed by atoms with van der Waals surface area (Å²) in [6.45, 7) is 2.14. The average Bonchev–Trinajstić information content (AvgIpc) is 2.91. The Bertz CT molecular complexity index is 1850. The molecule has 7 rings (SSSR count). The molecule has 1 heterocycles. The summed E-state index contributed by atoms with van der Waals surface area (Å²) in [5.41, 5.74) is 6.28. The van der Waals surface area contributed by atoms with E-state index in [1.165, 1.54) is 70.9 Å². The fourth-order valence-corrected chi connectivity index (χ4v) is 5.59. The van der Waals surface area contributed by atoms with Crippen LogP contribution in [0.1, 0.15) is 5.56 Å². The normalized spacial score (nSPS) is 11.6. The van der Waals surface area contributed by atoms with Gasteiger partial charge in [-0.05, 0) is 79.0 Å². The molecule has 0 radical (unpaired) electrons. The summed E-state index contributed by atoms with van der Waals surface area (Å²) in [7, 11) is 0. The molecule has 0 fully saturated rings. The van der Waals surface area contributed by atoms with E-state index in [2.05, 4.69) is 121 Å². The van der Waals surface area contributed by atoms with Crippen molar-refractivity contribution in [2.24, 2.45) is 0 Å². The van der Waals surface area contributed by atoms with E-state index in [0.29, 0.717) is 0 Å². The van der Waals surface area contributed by atoms with Gasteiger partial charge in [-0.3, -0.25) is 4.98 Å². The molecule has 0 saturated heterocycles. The Morgan fingerprint density at radius 3 is 2.06 bits per heavy atom.